The van der Waals surface area contributed by atoms with E-state index in [1.165, 1.54) is 5.56 Å². The van der Waals surface area contributed by atoms with Gasteiger partial charge in [0.05, 0.1) is 11.8 Å². The van der Waals surface area contributed by atoms with E-state index in [1.54, 1.807) is 7.11 Å². The fourth-order valence-electron chi connectivity index (χ4n) is 1.33. The Morgan fingerprint density at radius 3 is 2.69 bits per heavy atom. The van der Waals surface area contributed by atoms with Crippen molar-refractivity contribution in [1.29, 1.82) is 0 Å². The molecule has 4 heteroatoms. The molecule has 1 N–H and O–H groups in total. The van der Waals surface area contributed by atoms with Gasteiger partial charge in [-0.05, 0) is 27.7 Å². The number of aromatic nitrogens is 2. The summed E-state index contributed by atoms with van der Waals surface area (Å²) in [6, 6.07) is 0.421. The van der Waals surface area contributed by atoms with E-state index in [-0.39, 0.29) is 5.60 Å². The molecule has 1 rings (SSSR count). The second-order valence-corrected chi connectivity index (χ2v) is 4.99. The smallest absolute Gasteiger partial charge is 0.0746 e. The van der Waals surface area contributed by atoms with Crippen LogP contribution < -0.4 is 5.32 Å². The van der Waals surface area contributed by atoms with Gasteiger partial charge in [0.15, 0.2) is 0 Å². The van der Waals surface area contributed by atoms with E-state index in [1.807, 2.05) is 10.9 Å². The van der Waals surface area contributed by atoms with Gasteiger partial charge in [0.25, 0.3) is 0 Å². The van der Waals surface area contributed by atoms with Crippen LogP contribution in [0.25, 0.3) is 0 Å². The maximum atomic E-state index is 5.34. The fraction of sp³-hybridized carbons (Fsp3) is 0.750. The predicted molar refractivity (Wildman–Crippen MR) is 65.4 cm³/mol. The number of hydrogen-bond donors (Lipinski definition) is 1. The second kappa shape index (κ2) is 5.46. The van der Waals surface area contributed by atoms with Crippen molar-refractivity contribution in [2.24, 2.45) is 0 Å². The summed E-state index contributed by atoms with van der Waals surface area (Å²) in [5.41, 5.74) is 1.09. The number of methoxy groups -OCH3 is 1. The summed E-state index contributed by atoms with van der Waals surface area (Å²) in [5.74, 6) is 0. The first-order valence-corrected chi connectivity index (χ1v) is 5.73. The van der Waals surface area contributed by atoms with Crippen LogP contribution in [0.15, 0.2) is 12.4 Å². The Morgan fingerprint density at radius 1 is 1.50 bits per heavy atom. The van der Waals surface area contributed by atoms with E-state index in [9.17, 15) is 0 Å². The van der Waals surface area contributed by atoms with Gasteiger partial charge in [0.2, 0.25) is 0 Å². The Kier molecular flexibility index (Phi) is 4.50. The van der Waals surface area contributed by atoms with Crippen molar-refractivity contribution in [1.82, 2.24) is 15.1 Å². The average molecular weight is 225 g/mol. The molecule has 0 aliphatic rings. The molecular weight excluding hydrogens is 202 g/mol. The van der Waals surface area contributed by atoms with Crippen molar-refractivity contribution >= 4 is 0 Å². The molecule has 4 nitrogen and oxygen atoms in total. The van der Waals surface area contributed by atoms with E-state index in [2.05, 4.69) is 44.3 Å². The van der Waals surface area contributed by atoms with E-state index >= 15 is 0 Å². The summed E-state index contributed by atoms with van der Waals surface area (Å²) in [6.07, 6.45) is 3.99. The topological polar surface area (TPSA) is 39.1 Å². The predicted octanol–water partition coefficient (Wildman–Crippen LogP) is 1.98. The summed E-state index contributed by atoms with van der Waals surface area (Å²) in [5, 5.41) is 7.66. The van der Waals surface area contributed by atoms with Gasteiger partial charge in [0.1, 0.15) is 0 Å². The first kappa shape index (κ1) is 13.2. The molecule has 1 aromatic heterocycles. The zero-order chi connectivity index (χ0) is 12.2. The van der Waals surface area contributed by atoms with Crippen LogP contribution in [0.2, 0.25) is 0 Å². The fourth-order valence-corrected chi connectivity index (χ4v) is 1.33. The molecule has 0 amide bonds. The largest absolute Gasteiger partial charge is 0.377 e. The lowest BCUT2D eigenvalue weighted by Gasteiger charge is -2.22. The zero-order valence-corrected chi connectivity index (χ0v) is 10.9. The maximum absolute atomic E-state index is 5.34. The standard InChI is InChI=1S/C12H23N3O/c1-10(2)15-8-11(7-14-15)6-13-9-12(3,4)16-5/h7-8,10,13H,6,9H2,1-5H3. The molecular formula is C12H23N3O. The van der Waals surface area contributed by atoms with Gasteiger partial charge in [-0.2, -0.15) is 5.10 Å². The Morgan fingerprint density at radius 2 is 2.19 bits per heavy atom. The molecule has 0 aliphatic heterocycles. The minimum Gasteiger partial charge on any atom is -0.377 e. The highest BCUT2D eigenvalue weighted by Crippen LogP contribution is 2.07. The van der Waals surface area contributed by atoms with Gasteiger partial charge in [-0.25, -0.2) is 0 Å². The molecule has 1 heterocycles. The van der Waals surface area contributed by atoms with Gasteiger partial charge >= 0.3 is 0 Å². The highest BCUT2D eigenvalue weighted by molar-refractivity contribution is 5.03. The molecule has 0 atom stereocenters. The Balaban J connectivity index is 2.37. The van der Waals surface area contributed by atoms with Gasteiger partial charge in [-0.3, -0.25) is 4.68 Å². The summed E-state index contributed by atoms with van der Waals surface area (Å²) in [7, 11) is 1.73. The molecule has 0 saturated heterocycles. The minimum absolute atomic E-state index is 0.117. The van der Waals surface area contributed by atoms with Crippen LogP contribution in [0, 0.1) is 0 Å². The molecule has 0 spiro atoms. The van der Waals surface area contributed by atoms with Crippen LogP contribution in [-0.4, -0.2) is 29.0 Å². The van der Waals surface area contributed by atoms with Crippen LogP contribution >= 0.6 is 0 Å². The van der Waals surface area contributed by atoms with Gasteiger partial charge < -0.3 is 10.1 Å². The summed E-state index contributed by atoms with van der Waals surface area (Å²) >= 11 is 0. The number of ether oxygens (including phenoxy) is 1. The highest BCUT2D eigenvalue weighted by Gasteiger charge is 2.15. The summed E-state index contributed by atoms with van der Waals surface area (Å²) < 4.78 is 7.31. The van der Waals surface area contributed by atoms with E-state index in [0.717, 1.165) is 13.1 Å². The molecule has 0 aliphatic carbocycles. The molecule has 0 radical (unpaired) electrons. The first-order chi connectivity index (χ1) is 7.44. The van der Waals surface area contributed by atoms with E-state index < -0.39 is 0 Å². The Bertz CT molecular complexity index is 318. The van der Waals surface area contributed by atoms with Gasteiger partial charge in [-0.1, -0.05) is 0 Å². The van der Waals surface area contributed by atoms with E-state index in [4.69, 9.17) is 4.74 Å². The molecule has 0 aromatic carbocycles. The third-order valence-corrected chi connectivity index (χ3v) is 2.62. The van der Waals surface area contributed by atoms with Crippen molar-refractivity contribution in [2.45, 2.75) is 45.9 Å². The zero-order valence-electron chi connectivity index (χ0n) is 10.9. The average Bonchev–Trinajstić information content (AvgIpc) is 2.66. The lowest BCUT2D eigenvalue weighted by Crippen LogP contribution is -2.36. The highest BCUT2D eigenvalue weighted by atomic mass is 16.5. The quantitative estimate of drug-likeness (QED) is 0.804. The second-order valence-electron chi connectivity index (χ2n) is 4.99. The van der Waals surface area contributed by atoms with Crippen molar-refractivity contribution in [2.75, 3.05) is 13.7 Å². The van der Waals surface area contributed by atoms with E-state index in [0.29, 0.717) is 6.04 Å². The van der Waals surface area contributed by atoms with Crippen LogP contribution in [0.3, 0.4) is 0 Å². The van der Waals surface area contributed by atoms with Crippen LogP contribution in [-0.2, 0) is 11.3 Å². The summed E-state index contributed by atoms with van der Waals surface area (Å²) in [4.78, 5) is 0. The molecule has 92 valence electrons. The molecule has 0 saturated carbocycles. The minimum atomic E-state index is -0.117. The Hall–Kier alpha value is -0.870. The normalized spacial score (nSPS) is 12.4. The third-order valence-electron chi connectivity index (χ3n) is 2.62. The van der Waals surface area contributed by atoms with Crippen LogP contribution in [0.5, 0.6) is 0 Å². The van der Waals surface area contributed by atoms with Crippen LogP contribution in [0.1, 0.15) is 39.3 Å². The third kappa shape index (κ3) is 3.94. The Labute approximate surface area is 98.0 Å². The molecule has 0 unspecified atom stereocenters. The van der Waals surface area contributed by atoms with Crippen molar-refractivity contribution in [3.63, 3.8) is 0 Å². The molecule has 1 aromatic rings. The first-order valence-electron chi connectivity index (χ1n) is 5.73. The number of nitrogens with one attached hydrogen (secondary N) is 1. The number of nitrogens with zero attached hydrogens (tertiary/aromatic N) is 2. The lowest BCUT2D eigenvalue weighted by molar-refractivity contribution is 0.0230. The van der Waals surface area contributed by atoms with Gasteiger partial charge in [-0.15, -0.1) is 0 Å². The SMILES string of the molecule is COC(C)(C)CNCc1cnn(C(C)C)c1. The number of rotatable bonds is 6. The lowest BCUT2D eigenvalue weighted by atomic mass is 10.1. The summed E-state index contributed by atoms with van der Waals surface area (Å²) in [6.45, 7) is 10.0. The number of hydrogen-bond acceptors (Lipinski definition) is 3. The maximum Gasteiger partial charge on any atom is 0.0746 e. The van der Waals surface area contributed by atoms with Gasteiger partial charge in [0, 0.05) is 38.0 Å². The van der Waals surface area contributed by atoms with Crippen molar-refractivity contribution in [3.8, 4) is 0 Å². The molecule has 16 heavy (non-hydrogen) atoms. The molecule has 0 bridgehead atoms. The molecule has 0 fully saturated rings. The van der Waals surface area contributed by atoms with Crippen molar-refractivity contribution in [3.05, 3.63) is 18.0 Å². The monoisotopic (exact) mass is 225 g/mol. The van der Waals surface area contributed by atoms with Crippen molar-refractivity contribution < 1.29 is 4.74 Å². The van der Waals surface area contributed by atoms with Crippen LogP contribution in [0.4, 0.5) is 0 Å².